The van der Waals surface area contributed by atoms with Crippen molar-refractivity contribution < 1.29 is 47.4 Å². The Hall–Kier alpha value is -0.576. The van der Waals surface area contributed by atoms with Crippen LogP contribution in [0.3, 0.4) is 0 Å². The number of aliphatic carboxylic acids is 1. The predicted octanol–water partition coefficient (Wildman–Crippen LogP) is 1.67. The van der Waals surface area contributed by atoms with Gasteiger partial charge >= 0.3 is 0 Å². The van der Waals surface area contributed by atoms with Crippen molar-refractivity contribution in [2.24, 2.45) is 0 Å². The van der Waals surface area contributed by atoms with Crippen molar-refractivity contribution in [1.82, 2.24) is 4.98 Å². The second-order valence-corrected chi connectivity index (χ2v) is 3.24. The fraction of sp³-hybridized carbons (Fsp3) is 0.100. The van der Waals surface area contributed by atoms with Gasteiger partial charge < -0.3 is 14.7 Å². The largest absolute Gasteiger partial charge is 0.535 e. The van der Waals surface area contributed by atoms with E-state index in [4.69, 9.17) is 19.6 Å². The quantitative estimate of drug-likeness (QED) is 0.230. The van der Waals surface area contributed by atoms with Gasteiger partial charge in [-0.05, 0) is 12.5 Å². The first kappa shape index (κ1) is 13.5. The first-order chi connectivity index (χ1) is 7.47. The van der Waals surface area contributed by atoms with Gasteiger partial charge in [0.2, 0.25) is 5.97 Å². The molecule has 1 aromatic heterocycles. The van der Waals surface area contributed by atoms with Gasteiger partial charge in [0.05, 0.1) is 5.78 Å². The molecular weight excluding hydrogens is 306 g/mol. The van der Waals surface area contributed by atoms with Gasteiger partial charge in [-0.25, -0.2) is 11.6 Å². The monoisotopic (exact) mass is 315 g/mol. The third-order valence-electron chi connectivity index (χ3n) is 1.68. The molecule has 1 aromatic rings. The van der Waals surface area contributed by atoms with E-state index in [2.05, 4.69) is 10.1 Å². The predicted molar refractivity (Wildman–Crippen MR) is 53.8 cm³/mol. The summed E-state index contributed by atoms with van der Waals surface area (Å²) in [6.07, 6.45) is 1.47. The number of carbonyl (C=O) groups is 2. The van der Waals surface area contributed by atoms with Crippen molar-refractivity contribution in [3.63, 3.8) is 0 Å². The number of nitrogens with zero attached hydrogens (tertiary/aromatic N) is 1. The van der Waals surface area contributed by atoms with Crippen LogP contribution in [-0.2, 0) is 37.5 Å². The van der Waals surface area contributed by atoms with E-state index >= 15 is 0 Å². The Labute approximate surface area is 124 Å². The van der Waals surface area contributed by atoms with E-state index in [0.717, 1.165) is 0 Å². The Balaban J connectivity index is 0.00000256. The van der Waals surface area contributed by atoms with E-state index in [9.17, 15) is 9.59 Å². The molecule has 0 spiro atoms. The minimum atomic E-state index is -1.22. The summed E-state index contributed by atoms with van der Waals surface area (Å²) in [5.74, 6) is -2.03. The Kier molecular flexibility index (Phi) is 5.25. The van der Waals surface area contributed by atoms with Gasteiger partial charge in [-0.1, -0.05) is 23.2 Å². The number of rotatable bonds is 3. The number of hydrogen-bond acceptors (Lipinski definition) is 4. The van der Waals surface area contributed by atoms with Crippen molar-refractivity contribution in [3.8, 4) is 0 Å². The van der Waals surface area contributed by atoms with Crippen LogP contribution in [0.5, 0.6) is 0 Å². The number of aryl methyl sites for hydroxylation is 1. The van der Waals surface area contributed by atoms with Crippen LogP contribution in [0.2, 0.25) is 5.15 Å². The minimum Gasteiger partial charge on any atom is -0.535 e. The number of aromatic nitrogens is 1. The maximum atomic E-state index is 11.6. The van der Waals surface area contributed by atoms with Crippen LogP contribution < -0.4 is 0 Å². The zero-order valence-corrected chi connectivity index (χ0v) is 12.0. The Bertz CT molecular complexity index is 479. The minimum absolute atomic E-state index is 0. The molecule has 1 heterocycles. The smallest absolute Gasteiger partial charge is 0.275 e. The molecule has 0 unspecified atom stereocenters. The molecule has 1 rings (SSSR count). The normalized spacial score (nSPS) is 9.75. The summed E-state index contributed by atoms with van der Waals surface area (Å²) in [6, 6.07) is 1.45. The van der Waals surface area contributed by atoms with Crippen LogP contribution in [0, 0.1) is 13.5 Å². The molecule has 0 saturated carbocycles. The van der Waals surface area contributed by atoms with Crippen molar-refractivity contribution >= 4 is 23.4 Å². The third-order valence-corrected chi connectivity index (χ3v) is 1.99. The number of Topliss-reactive ketones (excluding diaryl/α,β-unsaturated/α-hetero) is 1. The molecule has 6 heteroatoms. The topological polar surface area (TPSA) is 67.3 Å². The number of carboxylic acids is 1. The third kappa shape index (κ3) is 3.47. The zero-order valence-electron chi connectivity index (χ0n) is 9.36. The fourth-order valence-corrected chi connectivity index (χ4v) is 1.14. The molecule has 0 saturated heterocycles. The molecule has 0 aliphatic rings. The van der Waals surface area contributed by atoms with E-state index in [1.54, 1.807) is 6.92 Å². The first-order valence-corrected chi connectivity index (χ1v) is 4.32. The molecule has 0 bridgehead atoms. The van der Waals surface area contributed by atoms with Crippen molar-refractivity contribution in [3.05, 3.63) is 40.7 Å². The van der Waals surface area contributed by atoms with E-state index in [0.29, 0.717) is 5.56 Å². The maximum absolute atomic E-state index is 11.6. The van der Waals surface area contributed by atoms with Crippen LogP contribution in [-0.4, -0.2) is 21.8 Å². The number of pyridine rings is 1. The second kappa shape index (κ2) is 6.23. The van der Waals surface area contributed by atoms with Crippen LogP contribution in [0.4, 0.5) is 0 Å². The molecule has 4 nitrogen and oxygen atoms in total. The van der Waals surface area contributed by atoms with E-state index in [-0.39, 0.29) is 43.4 Å². The molecule has 0 aliphatic carbocycles. The number of halogens is 1. The molecule has 0 fully saturated rings. The Morgan fingerprint density at radius 3 is 2.81 bits per heavy atom. The molecule has 1 N–H and O–H groups in total. The summed E-state index contributed by atoms with van der Waals surface area (Å²) in [6.45, 7) is 6.92. The van der Waals surface area contributed by atoms with Crippen molar-refractivity contribution in [2.75, 3.05) is 0 Å². The Morgan fingerprint density at radius 1 is 1.62 bits per heavy atom. The summed E-state index contributed by atoms with van der Waals surface area (Å²) in [5, 5.41) is 3.53. The van der Waals surface area contributed by atoms with E-state index < -0.39 is 17.3 Å². The summed E-state index contributed by atoms with van der Waals surface area (Å²) in [7, 11) is 0. The van der Waals surface area contributed by atoms with Gasteiger partial charge in [-0.15, -0.1) is 0 Å². The molecule has 81 valence electrons. The van der Waals surface area contributed by atoms with Gasteiger partial charge in [-0.2, -0.15) is 0 Å². The first-order valence-electron chi connectivity index (χ1n) is 4.35. The fourth-order valence-electron chi connectivity index (χ4n) is 0.950. The molecular formula is C10H7ClNO3Y-. The van der Waals surface area contributed by atoms with E-state index in [1.165, 1.54) is 12.3 Å². The molecule has 0 aliphatic heterocycles. The van der Waals surface area contributed by atoms with Gasteiger partial charge in [0.15, 0.2) is 0 Å². The summed E-state index contributed by atoms with van der Waals surface area (Å²) >= 11 is 5.68. The molecule has 0 atom stereocenters. The van der Waals surface area contributed by atoms with Gasteiger partial charge in [0.25, 0.3) is 1.43 Å². The van der Waals surface area contributed by atoms with Crippen LogP contribution >= 0.6 is 11.6 Å². The summed E-state index contributed by atoms with van der Waals surface area (Å²) in [4.78, 5) is 26.3. The average Bonchev–Trinajstić information content (AvgIpc) is 2.29. The van der Waals surface area contributed by atoms with Gasteiger partial charge in [-0.3, -0.25) is 0 Å². The van der Waals surface area contributed by atoms with Gasteiger partial charge in [0.1, 0.15) is 5.15 Å². The van der Waals surface area contributed by atoms with E-state index in [1.807, 2.05) is 0 Å². The number of carboxylic acid groups (broad SMARTS) is 1. The molecule has 0 aromatic carbocycles. The number of carbonyl (C=O) groups excluding carboxylic acids is 1. The van der Waals surface area contributed by atoms with Crippen LogP contribution in [0.15, 0.2) is 17.8 Å². The second-order valence-electron chi connectivity index (χ2n) is 2.88. The number of ketones is 1. The van der Waals surface area contributed by atoms with Crippen LogP contribution in [0.1, 0.15) is 15.9 Å². The average molecular weight is 316 g/mol. The standard InChI is InChI=1S/C10H7ClNO3.Y/c1-5-3-7(9(11)12-4-5)8(13)6(2)10(14)15;/h2-4H,1H3,(H,14,15);/q-1;/i/hT. The molecule has 16 heavy (non-hydrogen) atoms. The SMILES string of the molecule is [3H]OC(=O)C(=[CH-])C(=O)c1cc(C)cnc1Cl.[Y]. The summed E-state index contributed by atoms with van der Waals surface area (Å²) in [5.41, 5.74) is -0.00587. The number of hydrogen-bond donors (Lipinski definition) is 1. The summed E-state index contributed by atoms with van der Waals surface area (Å²) < 4.78 is 6.34. The zero-order chi connectivity index (χ0) is 12.3. The van der Waals surface area contributed by atoms with Crippen molar-refractivity contribution in [2.45, 2.75) is 6.92 Å². The molecule has 0 amide bonds. The van der Waals surface area contributed by atoms with Gasteiger partial charge in [0, 0.05) is 44.5 Å². The van der Waals surface area contributed by atoms with Crippen molar-refractivity contribution in [1.29, 1.82) is 1.43 Å². The molecule has 1 radical (unpaired) electrons. The Morgan fingerprint density at radius 2 is 2.25 bits per heavy atom. The maximum Gasteiger partial charge on any atom is 0.275 e. The van der Waals surface area contributed by atoms with Crippen LogP contribution in [0.25, 0.3) is 1.43 Å².